The molecule has 110 valence electrons. The van der Waals surface area contributed by atoms with Crippen LogP contribution in [0.15, 0.2) is 48.5 Å². The number of hydrogen-bond donors (Lipinski definition) is 2. The number of carboxylic acid groups (broad SMARTS) is 1. The molecule has 1 atom stereocenters. The molecule has 0 saturated heterocycles. The van der Waals surface area contributed by atoms with E-state index in [1.165, 1.54) is 0 Å². The summed E-state index contributed by atoms with van der Waals surface area (Å²) < 4.78 is 5.65. The van der Waals surface area contributed by atoms with Crippen molar-refractivity contribution in [1.29, 1.82) is 0 Å². The van der Waals surface area contributed by atoms with Crippen molar-refractivity contribution >= 4 is 17.6 Å². The fourth-order valence-electron chi connectivity index (χ4n) is 1.86. The molecule has 0 aliphatic rings. The summed E-state index contributed by atoms with van der Waals surface area (Å²) in [4.78, 5) is 10.7. The molecule has 0 fully saturated rings. The van der Waals surface area contributed by atoms with Gasteiger partial charge in [0.2, 0.25) is 0 Å². The van der Waals surface area contributed by atoms with Crippen LogP contribution in [0.4, 0.5) is 0 Å². The Kier molecular flexibility index (Phi) is 5.20. The summed E-state index contributed by atoms with van der Waals surface area (Å²) in [6.07, 6.45) is 0.296. The predicted molar refractivity (Wildman–Crippen MR) is 81.5 cm³/mol. The minimum atomic E-state index is -1.00. The Morgan fingerprint density at radius 2 is 1.90 bits per heavy atom. The fourth-order valence-corrected chi connectivity index (χ4v) is 2.07. The van der Waals surface area contributed by atoms with E-state index in [4.69, 9.17) is 27.2 Å². The minimum absolute atomic E-state index is 0.296. The highest BCUT2D eigenvalue weighted by atomic mass is 35.5. The second-order valence-electron chi connectivity index (χ2n) is 4.71. The van der Waals surface area contributed by atoms with Crippen molar-refractivity contribution in [3.05, 3.63) is 64.7 Å². The van der Waals surface area contributed by atoms with Crippen LogP contribution < -0.4 is 10.5 Å². The highest BCUT2D eigenvalue weighted by Gasteiger charge is 2.11. The molecule has 2 aromatic carbocycles. The third kappa shape index (κ3) is 4.77. The maximum absolute atomic E-state index is 10.7. The average molecular weight is 306 g/mol. The van der Waals surface area contributed by atoms with Gasteiger partial charge in [-0.1, -0.05) is 35.9 Å². The van der Waals surface area contributed by atoms with E-state index in [1.54, 1.807) is 12.1 Å². The largest absolute Gasteiger partial charge is 0.489 e. The first-order valence-corrected chi connectivity index (χ1v) is 6.87. The van der Waals surface area contributed by atoms with Gasteiger partial charge in [0.15, 0.2) is 0 Å². The van der Waals surface area contributed by atoms with Gasteiger partial charge in [-0.2, -0.15) is 0 Å². The first-order chi connectivity index (χ1) is 10.0. The lowest BCUT2D eigenvalue weighted by molar-refractivity contribution is -0.138. The molecule has 0 aliphatic heterocycles. The molecule has 0 amide bonds. The predicted octanol–water partition coefficient (Wildman–Crippen LogP) is 2.87. The summed E-state index contributed by atoms with van der Waals surface area (Å²) in [5.41, 5.74) is 7.34. The molecule has 0 bridgehead atoms. The topological polar surface area (TPSA) is 72.5 Å². The zero-order valence-corrected chi connectivity index (χ0v) is 12.1. The Hall–Kier alpha value is -2.04. The van der Waals surface area contributed by atoms with Crippen LogP contribution in [0.25, 0.3) is 0 Å². The maximum Gasteiger partial charge on any atom is 0.320 e. The maximum atomic E-state index is 10.7. The van der Waals surface area contributed by atoms with Gasteiger partial charge < -0.3 is 15.6 Å². The molecule has 5 heteroatoms. The Morgan fingerprint density at radius 1 is 1.19 bits per heavy atom. The summed E-state index contributed by atoms with van der Waals surface area (Å²) in [6.45, 7) is 0.425. The number of hydrogen-bond acceptors (Lipinski definition) is 3. The molecule has 0 radical (unpaired) electrons. The van der Waals surface area contributed by atoms with Crippen LogP contribution in [-0.2, 0) is 17.8 Å². The van der Waals surface area contributed by atoms with Crippen LogP contribution in [0, 0.1) is 0 Å². The molecule has 0 aliphatic carbocycles. The number of carboxylic acids is 1. The van der Waals surface area contributed by atoms with Crippen LogP contribution in [0.3, 0.4) is 0 Å². The van der Waals surface area contributed by atoms with Crippen LogP contribution in [0.5, 0.6) is 5.75 Å². The molecule has 2 aromatic rings. The van der Waals surface area contributed by atoms with Crippen LogP contribution in [0.2, 0.25) is 5.02 Å². The van der Waals surface area contributed by atoms with Gasteiger partial charge >= 0.3 is 5.97 Å². The first-order valence-electron chi connectivity index (χ1n) is 6.49. The van der Waals surface area contributed by atoms with Crippen LogP contribution in [0.1, 0.15) is 11.1 Å². The molecule has 0 spiro atoms. The van der Waals surface area contributed by atoms with Crippen molar-refractivity contribution in [3.63, 3.8) is 0 Å². The van der Waals surface area contributed by atoms with Gasteiger partial charge in [0.1, 0.15) is 18.4 Å². The highest BCUT2D eigenvalue weighted by Crippen LogP contribution is 2.16. The van der Waals surface area contributed by atoms with Gasteiger partial charge in [-0.05, 0) is 41.8 Å². The second kappa shape index (κ2) is 7.11. The third-order valence-corrected chi connectivity index (χ3v) is 3.23. The quantitative estimate of drug-likeness (QED) is 0.860. The first kappa shape index (κ1) is 15.4. The Bertz CT molecular complexity index is 613. The molecule has 0 saturated carbocycles. The van der Waals surface area contributed by atoms with E-state index in [1.807, 2.05) is 36.4 Å². The van der Waals surface area contributed by atoms with E-state index in [0.29, 0.717) is 23.8 Å². The summed E-state index contributed by atoms with van der Waals surface area (Å²) in [7, 11) is 0. The van der Waals surface area contributed by atoms with Gasteiger partial charge in [-0.3, -0.25) is 4.79 Å². The van der Waals surface area contributed by atoms with Crippen molar-refractivity contribution < 1.29 is 14.6 Å². The SMILES string of the molecule is NC(Cc1ccc(OCc2cccc(Cl)c2)cc1)C(=O)O. The lowest BCUT2D eigenvalue weighted by Crippen LogP contribution is -2.32. The van der Waals surface area contributed by atoms with Crippen molar-refractivity contribution in [1.82, 2.24) is 0 Å². The molecule has 0 aromatic heterocycles. The Balaban J connectivity index is 1.92. The van der Waals surface area contributed by atoms with Gasteiger partial charge in [0.25, 0.3) is 0 Å². The normalized spacial score (nSPS) is 11.9. The van der Waals surface area contributed by atoms with Crippen LogP contribution in [-0.4, -0.2) is 17.1 Å². The molecule has 3 N–H and O–H groups in total. The number of rotatable bonds is 6. The summed E-state index contributed by atoms with van der Waals surface area (Å²) in [5, 5.41) is 9.45. The van der Waals surface area contributed by atoms with Crippen molar-refractivity contribution in [3.8, 4) is 5.75 Å². The summed E-state index contributed by atoms with van der Waals surface area (Å²) in [6, 6.07) is 13.8. The van der Waals surface area contributed by atoms with E-state index in [0.717, 1.165) is 11.1 Å². The van der Waals surface area contributed by atoms with E-state index < -0.39 is 12.0 Å². The van der Waals surface area contributed by atoms with Crippen molar-refractivity contribution in [2.45, 2.75) is 19.1 Å². The lowest BCUT2D eigenvalue weighted by Gasteiger charge is -2.09. The molecule has 4 nitrogen and oxygen atoms in total. The zero-order chi connectivity index (χ0) is 15.2. The molecular formula is C16H16ClNO3. The Labute approximate surface area is 128 Å². The van der Waals surface area contributed by atoms with Crippen molar-refractivity contribution in [2.24, 2.45) is 5.73 Å². The lowest BCUT2D eigenvalue weighted by atomic mass is 10.1. The number of ether oxygens (including phenoxy) is 1. The van der Waals surface area contributed by atoms with E-state index in [2.05, 4.69) is 0 Å². The monoisotopic (exact) mass is 305 g/mol. The number of aliphatic carboxylic acids is 1. The van der Waals surface area contributed by atoms with E-state index in [9.17, 15) is 4.79 Å². The van der Waals surface area contributed by atoms with Gasteiger partial charge in [-0.15, -0.1) is 0 Å². The molecule has 2 rings (SSSR count). The minimum Gasteiger partial charge on any atom is -0.489 e. The summed E-state index contributed by atoms with van der Waals surface area (Å²) >= 11 is 5.91. The van der Waals surface area contributed by atoms with Gasteiger partial charge in [0, 0.05) is 5.02 Å². The van der Waals surface area contributed by atoms with Gasteiger partial charge in [0.05, 0.1) is 0 Å². The molecule has 21 heavy (non-hydrogen) atoms. The molecule has 1 unspecified atom stereocenters. The number of carbonyl (C=O) groups is 1. The van der Waals surface area contributed by atoms with E-state index in [-0.39, 0.29) is 0 Å². The smallest absolute Gasteiger partial charge is 0.320 e. The second-order valence-corrected chi connectivity index (χ2v) is 5.15. The number of benzene rings is 2. The van der Waals surface area contributed by atoms with E-state index >= 15 is 0 Å². The zero-order valence-electron chi connectivity index (χ0n) is 11.3. The average Bonchev–Trinajstić information content (AvgIpc) is 2.46. The molecular weight excluding hydrogens is 290 g/mol. The highest BCUT2D eigenvalue weighted by molar-refractivity contribution is 6.30. The fraction of sp³-hybridized carbons (Fsp3) is 0.188. The number of nitrogens with two attached hydrogens (primary N) is 1. The summed E-state index contributed by atoms with van der Waals surface area (Å²) in [5.74, 6) is -0.293. The molecule has 0 heterocycles. The number of halogens is 1. The van der Waals surface area contributed by atoms with Gasteiger partial charge in [-0.25, -0.2) is 0 Å². The van der Waals surface area contributed by atoms with Crippen LogP contribution >= 0.6 is 11.6 Å². The standard InChI is InChI=1S/C16H16ClNO3/c17-13-3-1-2-12(8-13)10-21-14-6-4-11(5-7-14)9-15(18)16(19)20/h1-8,15H,9-10,18H2,(H,19,20). The van der Waals surface area contributed by atoms with Crippen molar-refractivity contribution in [2.75, 3.05) is 0 Å². The Morgan fingerprint density at radius 3 is 2.52 bits per heavy atom. The third-order valence-electron chi connectivity index (χ3n) is 2.99.